The van der Waals surface area contributed by atoms with Crippen LogP contribution in [0.1, 0.15) is 45.4 Å². The Morgan fingerprint density at radius 3 is 2.50 bits per heavy atom. The van der Waals surface area contributed by atoms with Crippen LogP contribution in [0.3, 0.4) is 0 Å². The number of likely N-dealkylation sites (tertiary alicyclic amines) is 1. The zero-order valence-corrected chi connectivity index (χ0v) is 16.4. The van der Waals surface area contributed by atoms with Crippen LogP contribution in [0.2, 0.25) is 0 Å². The molecule has 0 radical (unpaired) electrons. The Hall–Kier alpha value is -1.60. The second kappa shape index (κ2) is 9.37. The summed E-state index contributed by atoms with van der Waals surface area (Å²) in [5.41, 5.74) is 0. The van der Waals surface area contributed by atoms with Gasteiger partial charge in [-0.15, -0.1) is 0 Å². The summed E-state index contributed by atoms with van der Waals surface area (Å²) >= 11 is 0. The molecule has 0 amide bonds. The Balaban J connectivity index is 2.05. The molecule has 0 aromatic heterocycles. The molecular formula is C19H29NO5S. The van der Waals surface area contributed by atoms with E-state index in [2.05, 4.69) is 11.8 Å². The molecule has 2 unspecified atom stereocenters. The van der Waals surface area contributed by atoms with E-state index in [1.165, 1.54) is 12.1 Å². The quantitative estimate of drug-likeness (QED) is 0.626. The van der Waals surface area contributed by atoms with E-state index in [1.807, 2.05) is 7.05 Å². The van der Waals surface area contributed by atoms with Crippen molar-refractivity contribution in [3.8, 4) is 5.75 Å². The standard InChI is InChI=1S/C19H29NO5S/c1-3-4-5-6-7-18(19(21)22)26(23,24)17-10-8-15(9-11-17)25-16-12-13-20(2)14-16/h8-11,16,18H,3-7,12-14H2,1-2H3,(H,21,22). The first-order valence-corrected chi connectivity index (χ1v) is 10.8. The number of aliphatic carboxylic acids is 1. The van der Waals surface area contributed by atoms with Crippen molar-refractivity contribution >= 4 is 15.8 Å². The minimum atomic E-state index is -3.90. The summed E-state index contributed by atoms with van der Waals surface area (Å²) < 4.78 is 31.3. The summed E-state index contributed by atoms with van der Waals surface area (Å²) in [6.07, 6.45) is 4.63. The summed E-state index contributed by atoms with van der Waals surface area (Å²) in [6, 6.07) is 6.12. The highest BCUT2D eigenvalue weighted by molar-refractivity contribution is 7.92. The molecule has 1 aliphatic heterocycles. The van der Waals surface area contributed by atoms with Crippen molar-refractivity contribution in [2.75, 3.05) is 20.1 Å². The topological polar surface area (TPSA) is 83.9 Å². The number of carbonyl (C=O) groups is 1. The van der Waals surface area contributed by atoms with Gasteiger partial charge >= 0.3 is 5.97 Å². The maximum atomic E-state index is 12.7. The number of unbranched alkanes of at least 4 members (excludes halogenated alkanes) is 3. The normalized spacial score (nSPS) is 19.4. The van der Waals surface area contributed by atoms with Gasteiger partial charge in [0, 0.05) is 13.1 Å². The van der Waals surface area contributed by atoms with Gasteiger partial charge in [-0.25, -0.2) is 8.42 Å². The number of likely N-dealkylation sites (N-methyl/N-ethyl adjacent to an activating group) is 1. The van der Waals surface area contributed by atoms with Gasteiger partial charge < -0.3 is 14.7 Å². The van der Waals surface area contributed by atoms with Crippen LogP contribution in [0, 0.1) is 0 Å². The van der Waals surface area contributed by atoms with Crippen molar-refractivity contribution < 1.29 is 23.1 Å². The minimum Gasteiger partial charge on any atom is -0.489 e. The smallest absolute Gasteiger partial charge is 0.322 e. The van der Waals surface area contributed by atoms with Gasteiger partial charge in [0.1, 0.15) is 11.9 Å². The number of benzene rings is 1. The fourth-order valence-corrected chi connectivity index (χ4v) is 4.81. The van der Waals surface area contributed by atoms with Crippen LogP contribution in [-0.4, -0.2) is 55.9 Å². The van der Waals surface area contributed by atoms with Crippen LogP contribution in [-0.2, 0) is 14.6 Å². The third-order valence-electron chi connectivity index (χ3n) is 4.77. The van der Waals surface area contributed by atoms with E-state index in [1.54, 1.807) is 12.1 Å². The van der Waals surface area contributed by atoms with Gasteiger partial charge in [-0.05, 0) is 44.2 Å². The second-order valence-corrected chi connectivity index (χ2v) is 9.11. The van der Waals surface area contributed by atoms with Gasteiger partial charge in [0.05, 0.1) is 4.90 Å². The van der Waals surface area contributed by atoms with Gasteiger partial charge in [-0.3, -0.25) is 4.79 Å². The fourth-order valence-electron chi connectivity index (χ4n) is 3.22. The van der Waals surface area contributed by atoms with Crippen LogP contribution < -0.4 is 4.74 Å². The predicted octanol–water partition coefficient (Wildman–Crippen LogP) is 2.97. The summed E-state index contributed by atoms with van der Waals surface area (Å²) in [5, 5.41) is 7.99. The lowest BCUT2D eigenvalue weighted by molar-refractivity contribution is -0.136. The van der Waals surface area contributed by atoms with Crippen LogP contribution in [0.5, 0.6) is 5.75 Å². The molecule has 2 rings (SSSR count). The molecule has 26 heavy (non-hydrogen) atoms. The van der Waals surface area contributed by atoms with E-state index in [9.17, 15) is 18.3 Å². The Bertz CT molecular complexity index is 686. The Morgan fingerprint density at radius 2 is 1.96 bits per heavy atom. The van der Waals surface area contributed by atoms with E-state index >= 15 is 0 Å². The fraction of sp³-hybridized carbons (Fsp3) is 0.632. The Labute approximate surface area is 156 Å². The Morgan fingerprint density at radius 1 is 1.27 bits per heavy atom. The molecule has 146 valence electrons. The number of carboxylic acids is 1. The highest BCUT2D eigenvalue weighted by Gasteiger charge is 2.33. The zero-order chi connectivity index (χ0) is 19.2. The lowest BCUT2D eigenvalue weighted by Gasteiger charge is -2.16. The number of carboxylic acid groups (broad SMARTS) is 1. The monoisotopic (exact) mass is 383 g/mol. The largest absolute Gasteiger partial charge is 0.489 e. The molecule has 1 aliphatic rings. The maximum absolute atomic E-state index is 12.7. The van der Waals surface area contributed by atoms with Crippen molar-refractivity contribution in [3.63, 3.8) is 0 Å². The molecule has 1 aromatic carbocycles. The third-order valence-corrected chi connectivity index (χ3v) is 6.89. The number of ether oxygens (including phenoxy) is 1. The lowest BCUT2D eigenvalue weighted by atomic mass is 10.1. The molecule has 0 saturated carbocycles. The molecule has 1 heterocycles. The van der Waals surface area contributed by atoms with E-state index in [4.69, 9.17) is 4.74 Å². The minimum absolute atomic E-state index is 0.0382. The van der Waals surface area contributed by atoms with Crippen molar-refractivity contribution in [2.24, 2.45) is 0 Å². The summed E-state index contributed by atoms with van der Waals surface area (Å²) in [4.78, 5) is 13.7. The van der Waals surface area contributed by atoms with Gasteiger partial charge in [0.25, 0.3) is 0 Å². The van der Waals surface area contributed by atoms with Gasteiger partial charge in [0.15, 0.2) is 15.1 Å². The van der Waals surface area contributed by atoms with Crippen LogP contribution in [0.15, 0.2) is 29.2 Å². The maximum Gasteiger partial charge on any atom is 0.322 e. The average molecular weight is 384 g/mol. The molecule has 6 nitrogen and oxygen atoms in total. The van der Waals surface area contributed by atoms with Crippen molar-refractivity contribution in [1.29, 1.82) is 0 Å². The van der Waals surface area contributed by atoms with Crippen LogP contribution >= 0.6 is 0 Å². The van der Waals surface area contributed by atoms with E-state index in [0.717, 1.165) is 38.8 Å². The van der Waals surface area contributed by atoms with Gasteiger partial charge in [-0.1, -0.05) is 32.6 Å². The molecule has 0 aliphatic carbocycles. The molecular weight excluding hydrogens is 354 g/mol. The van der Waals surface area contributed by atoms with Gasteiger partial charge in [-0.2, -0.15) is 0 Å². The highest BCUT2D eigenvalue weighted by Crippen LogP contribution is 2.25. The summed E-state index contributed by atoms with van der Waals surface area (Å²) in [7, 11) is -1.87. The third kappa shape index (κ3) is 5.45. The van der Waals surface area contributed by atoms with Crippen molar-refractivity contribution in [1.82, 2.24) is 4.90 Å². The number of nitrogens with zero attached hydrogens (tertiary/aromatic N) is 1. The number of hydrogen-bond acceptors (Lipinski definition) is 5. The van der Waals surface area contributed by atoms with Crippen molar-refractivity contribution in [2.45, 2.75) is 61.7 Å². The molecule has 0 spiro atoms. The second-order valence-electron chi connectivity index (χ2n) is 6.98. The van der Waals surface area contributed by atoms with Crippen molar-refractivity contribution in [3.05, 3.63) is 24.3 Å². The molecule has 2 atom stereocenters. The number of sulfone groups is 1. The number of hydrogen-bond donors (Lipinski definition) is 1. The lowest BCUT2D eigenvalue weighted by Crippen LogP contribution is -2.30. The number of rotatable bonds is 10. The highest BCUT2D eigenvalue weighted by atomic mass is 32.2. The Kier molecular flexibility index (Phi) is 7.46. The first kappa shape index (κ1) is 20.7. The van der Waals surface area contributed by atoms with E-state index in [-0.39, 0.29) is 17.4 Å². The predicted molar refractivity (Wildman–Crippen MR) is 100 cm³/mol. The molecule has 1 saturated heterocycles. The van der Waals surface area contributed by atoms with E-state index in [0.29, 0.717) is 12.2 Å². The average Bonchev–Trinajstić information content (AvgIpc) is 2.99. The first-order chi connectivity index (χ1) is 12.3. The van der Waals surface area contributed by atoms with Gasteiger partial charge in [0.2, 0.25) is 0 Å². The summed E-state index contributed by atoms with van der Waals surface area (Å²) in [6.45, 7) is 3.88. The zero-order valence-electron chi connectivity index (χ0n) is 15.6. The molecule has 1 fully saturated rings. The molecule has 0 bridgehead atoms. The molecule has 1 N–H and O–H groups in total. The molecule has 7 heteroatoms. The molecule has 1 aromatic rings. The summed E-state index contributed by atoms with van der Waals surface area (Å²) in [5.74, 6) is -0.671. The SMILES string of the molecule is CCCCCCC(C(=O)O)S(=O)(=O)c1ccc(OC2CCN(C)C2)cc1. The van der Waals surface area contributed by atoms with Crippen LogP contribution in [0.4, 0.5) is 0 Å². The van der Waals surface area contributed by atoms with Crippen LogP contribution in [0.25, 0.3) is 0 Å². The first-order valence-electron chi connectivity index (χ1n) is 9.26. The van der Waals surface area contributed by atoms with E-state index < -0.39 is 21.1 Å².